The molecule has 0 saturated carbocycles. The van der Waals surface area contributed by atoms with Crippen LogP contribution in [0.25, 0.3) is 0 Å². The average molecular weight is 372 g/mol. The van der Waals surface area contributed by atoms with Crippen LogP contribution in [0.1, 0.15) is 35.4 Å². The number of rotatable bonds is 5. The Morgan fingerprint density at radius 1 is 1.19 bits per heavy atom. The number of sulfonamides is 1. The van der Waals surface area contributed by atoms with Crippen LogP contribution >= 0.6 is 0 Å². The smallest absolute Gasteiger partial charge is 0.306 e. The van der Waals surface area contributed by atoms with E-state index in [4.69, 9.17) is 4.74 Å². The molecule has 1 unspecified atom stereocenters. The van der Waals surface area contributed by atoms with Crippen molar-refractivity contribution in [1.82, 2.24) is 4.83 Å². The topological polar surface area (TPSA) is 84.8 Å². The highest BCUT2D eigenvalue weighted by molar-refractivity contribution is 7.89. The minimum atomic E-state index is -3.74. The highest BCUT2D eigenvalue weighted by atomic mass is 32.2. The van der Waals surface area contributed by atoms with Crippen LogP contribution in [0.15, 0.2) is 58.5 Å². The molecule has 0 bridgehead atoms. The molecular formula is C19H20N2O4S. The van der Waals surface area contributed by atoms with Gasteiger partial charge in [0.15, 0.2) is 0 Å². The van der Waals surface area contributed by atoms with E-state index in [9.17, 15) is 13.2 Å². The first-order chi connectivity index (χ1) is 12.4. The van der Waals surface area contributed by atoms with E-state index in [0.29, 0.717) is 12.1 Å². The number of nitrogens with zero attached hydrogens (tertiary/aromatic N) is 1. The molecule has 0 aliphatic heterocycles. The Morgan fingerprint density at radius 2 is 1.88 bits per heavy atom. The molecule has 7 heteroatoms. The molecule has 0 amide bonds. The van der Waals surface area contributed by atoms with Crippen molar-refractivity contribution >= 4 is 21.7 Å². The minimum absolute atomic E-state index is 0.0683. The highest BCUT2D eigenvalue weighted by Crippen LogP contribution is 2.35. The van der Waals surface area contributed by atoms with Crippen molar-refractivity contribution in [3.63, 3.8) is 0 Å². The summed E-state index contributed by atoms with van der Waals surface area (Å²) in [6.07, 6.45) is 0.710. The van der Waals surface area contributed by atoms with Gasteiger partial charge < -0.3 is 4.74 Å². The zero-order valence-corrected chi connectivity index (χ0v) is 15.4. The highest BCUT2D eigenvalue weighted by Gasteiger charge is 2.30. The molecule has 0 radical (unpaired) electrons. The molecule has 136 valence electrons. The van der Waals surface area contributed by atoms with Crippen LogP contribution in [-0.4, -0.2) is 27.2 Å². The van der Waals surface area contributed by atoms with Crippen molar-refractivity contribution in [3.8, 4) is 0 Å². The summed E-state index contributed by atoms with van der Waals surface area (Å²) >= 11 is 0. The number of hydrogen-bond acceptors (Lipinski definition) is 5. The fourth-order valence-electron chi connectivity index (χ4n) is 3.03. The Balaban J connectivity index is 1.85. The molecule has 2 aromatic rings. The van der Waals surface area contributed by atoms with Crippen LogP contribution < -0.4 is 4.83 Å². The van der Waals surface area contributed by atoms with Gasteiger partial charge in [-0.3, -0.25) is 4.79 Å². The maximum Gasteiger partial charge on any atom is 0.306 e. The third-order valence-electron chi connectivity index (χ3n) is 4.42. The summed E-state index contributed by atoms with van der Waals surface area (Å²) in [6, 6.07) is 14.1. The van der Waals surface area contributed by atoms with Gasteiger partial charge in [-0.15, -0.1) is 0 Å². The number of carbonyl (C=O) groups excluding carboxylic acids is 1. The predicted octanol–water partition coefficient (Wildman–Crippen LogP) is 2.73. The molecule has 1 N–H and O–H groups in total. The van der Waals surface area contributed by atoms with Crippen LogP contribution in [0.5, 0.6) is 0 Å². The molecule has 0 aromatic heterocycles. The van der Waals surface area contributed by atoms with Crippen molar-refractivity contribution < 1.29 is 17.9 Å². The summed E-state index contributed by atoms with van der Waals surface area (Å²) in [5.41, 5.74) is 3.43. The summed E-state index contributed by atoms with van der Waals surface area (Å²) in [7, 11) is -2.39. The normalized spacial score (nSPS) is 17.8. The van der Waals surface area contributed by atoms with E-state index in [1.165, 1.54) is 7.11 Å². The van der Waals surface area contributed by atoms with Gasteiger partial charge in [-0.25, -0.2) is 0 Å². The van der Waals surface area contributed by atoms with E-state index in [0.717, 1.165) is 16.7 Å². The standard InChI is InChI=1S/C19H20N2O4S/c1-13-7-9-15(10-8-13)26(23,24)21-20-18-11-14(12-19(22)25-2)16-5-3-4-6-17(16)18/h3-10,14,21H,11-12H2,1-2H3. The maximum atomic E-state index is 12.4. The largest absolute Gasteiger partial charge is 0.469 e. The van der Waals surface area contributed by atoms with Gasteiger partial charge in [0.1, 0.15) is 0 Å². The van der Waals surface area contributed by atoms with E-state index in [2.05, 4.69) is 9.93 Å². The van der Waals surface area contributed by atoms with E-state index in [1.54, 1.807) is 24.3 Å². The van der Waals surface area contributed by atoms with Gasteiger partial charge in [-0.05, 0) is 31.0 Å². The average Bonchev–Trinajstić information content (AvgIpc) is 2.98. The molecule has 0 spiro atoms. The van der Waals surface area contributed by atoms with Crippen molar-refractivity contribution in [3.05, 3.63) is 65.2 Å². The summed E-state index contributed by atoms with van der Waals surface area (Å²) in [5.74, 6) is -0.368. The zero-order chi connectivity index (χ0) is 18.7. The number of esters is 1. The summed E-state index contributed by atoms with van der Waals surface area (Å²) < 4.78 is 29.6. The Labute approximate surface area is 152 Å². The van der Waals surface area contributed by atoms with E-state index >= 15 is 0 Å². The van der Waals surface area contributed by atoms with Crippen molar-refractivity contribution in [2.45, 2.75) is 30.6 Å². The van der Waals surface area contributed by atoms with Crippen molar-refractivity contribution in [2.75, 3.05) is 7.11 Å². The molecule has 6 nitrogen and oxygen atoms in total. The number of nitrogens with one attached hydrogen (secondary N) is 1. The summed E-state index contributed by atoms with van der Waals surface area (Å²) in [6.45, 7) is 1.89. The number of hydrazone groups is 1. The Hall–Kier alpha value is -2.67. The maximum absolute atomic E-state index is 12.4. The van der Waals surface area contributed by atoms with Gasteiger partial charge in [-0.1, -0.05) is 42.0 Å². The first kappa shape index (κ1) is 18.1. The Kier molecular flexibility index (Phi) is 5.08. The van der Waals surface area contributed by atoms with E-state index < -0.39 is 10.0 Å². The predicted molar refractivity (Wildman–Crippen MR) is 98.5 cm³/mol. The van der Waals surface area contributed by atoms with Gasteiger partial charge >= 0.3 is 5.97 Å². The van der Waals surface area contributed by atoms with Gasteiger partial charge in [-0.2, -0.15) is 18.4 Å². The number of aryl methyl sites for hydroxylation is 1. The fourth-order valence-corrected chi connectivity index (χ4v) is 3.86. The zero-order valence-electron chi connectivity index (χ0n) is 14.6. The SMILES string of the molecule is COC(=O)CC1CC(=NNS(=O)(=O)c2ccc(C)cc2)c2ccccc21. The molecule has 1 aliphatic carbocycles. The van der Waals surface area contributed by atoms with Gasteiger partial charge in [0.05, 0.1) is 24.1 Å². The molecule has 1 atom stereocenters. The van der Waals surface area contributed by atoms with Gasteiger partial charge in [0, 0.05) is 11.5 Å². The van der Waals surface area contributed by atoms with Crippen LogP contribution in [0.4, 0.5) is 0 Å². The van der Waals surface area contributed by atoms with Crippen molar-refractivity contribution in [2.24, 2.45) is 5.10 Å². The molecule has 0 heterocycles. The van der Waals surface area contributed by atoms with Crippen LogP contribution in [-0.2, 0) is 19.6 Å². The fraction of sp³-hybridized carbons (Fsp3) is 0.263. The summed E-state index contributed by atoms with van der Waals surface area (Å²) in [4.78, 5) is 14.1. The first-order valence-corrected chi connectivity index (χ1v) is 9.70. The quantitative estimate of drug-likeness (QED) is 0.646. The lowest BCUT2D eigenvalue weighted by atomic mass is 9.98. The molecule has 3 rings (SSSR count). The molecule has 26 heavy (non-hydrogen) atoms. The second-order valence-corrected chi connectivity index (χ2v) is 7.90. The van der Waals surface area contributed by atoms with Crippen molar-refractivity contribution in [1.29, 1.82) is 0 Å². The van der Waals surface area contributed by atoms with Crippen LogP contribution in [0.3, 0.4) is 0 Å². The van der Waals surface area contributed by atoms with E-state index in [1.807, 2.05) is 31.2 Å². The Morgan fingerprint density at radius 3 is 2.58 bits per heavy atom. The summed E-state index contributed by atoms with van der Waals surface area (Å²) in [5, 5.41) is 4.14. The minimum Gasteiger partial charge on any atom is -0.469 e. The number of carbonyl (C=O) groups is 1. The van der Waals surface area contributed by atoms with E-state index in [-0.39, 0.29) is 23.2 Å². The second-order valence-electron chi connectivity index (χ2n) is 6.23. The van der Waals surface area contributed by atoms with Crippen LogP contribution in [0, 0.1) is 6.92 Å². The molecule has 2 aromatic carbocycles. The van der Waals surface area contributed by atoms with Gasteiger partial charge in [0.25, 0.3) is 10.0 Å². The monoisotopic (exact) mass is 372 g/mol. The number of benzene rings is 2. The molecule has 0 fully saturated rings. The van der Waals surface area contributed by atoms with Gasteiger partial charge in [0.2, 0.25) is 0 Å². The molecule has 1 aliphatic rings. The third-order valence-corrected chi connectivity index (χ3v) is 5.65. The first-order valence-electron chi connectivity index (χ1n) is 8.22. The lowest BCUT2D eigenvalue weighted by Crippen LogP contribution is -2.20. The number of ether oxygens (including phenoxy) is 1. The lowest BCUT2D eigenvalue weighted by Gasteiger charge is -2.08. The number of fused-ring (bicyclic) bond motifs is 1. The lowest BCUT2D eigenvalue weighted by molar-refractivity contribution is -0.141. The van der Waals surface area contributed by atoms with Crippen LogP contribution in [0.2, 0.25) is 0 Å². The Bertz CT molecular complexity index is 950. The number of methoxy groups -OCH3 is 1. The third kappa shape index (κ3) is 3.77. The number of hydrogen-bond donors (Lipinski definition) is 1. The molecule has 0 saturated heterocycles. The second kappa shape index (κ2) is 7.29. The molecular weight excluding hydrogens is 352 g/mol.